The molecule has 0 spiro atoms. The number of hydrogen-bond donors (Lipinski definition) is 0. The largest absolute Gasteiger partial charge is 0.624 e. The van der Waals surface area contributed by atoms with Gasteiger partial charge in [0.05, 0.1) is 0 Å². The van der Waals surface area contributed by atoms with E-state index in [-0.39, 0.29) is 5.54 Å². The zero-order valence-electron chi connectivity index (χ0n) is 7.35. The molecule has 0 aliphatic carbocycles. The zero-order valence-corrected chi connectivity index (χ0v) is 7.35. The Labute approximate surface area is 63.1 Å². The van der Waals surface area contributed by atoms with Crippen molar-refractivity contribution in [2.45, 2.75) is 46.1 Å². The van der Waals surface area contributed by atoms with Gasteiger partial charge in [0.1, 0.15) is 0 Å². The van der Waals surface area contributed by atoms with Gasteiger partial charge in [0.2, 0.25) is 0 Å². The van der Waals surface area contributed by atoms with Gasteiger partial charge in [-0.2, -0.15) is 0 Å². The molecule has 0 unspecified atom stereocenters. The lowest BCUT2D eigenvalue weighted by Crippen LogP contribution is -2.29. The summed E-state index contributed by atoms with van der Waals surface area (Å²) in [6.07, 6.45) is 3.62. The van der Waals surface area contributed by atoms with E-state index in [9.17, 15) is 5.21 Å². The van der Waals surface area contributed by atoms with Crippen molar-refractivity contribution in [2.24, 2.45) is 0 Å². The van der Waals surface area contributed by atoms with Gasteiger partial charge in [0, 0.05) is 27.2 Å². The first-order valence-corrected chi connectivity index (χ1v) is 3.78. The molecule has 0 aliphatic heterocycles. The fourth-order valence-electron chi connectivity index (χ4n) is 0.520. The van der Waals surface area contributed by atoms with Crippen LogP contribution in [0.15, 0.2) is 0 Å². The average Bonchev–Trinajstić information content (AvgIpc) is 1.80. The molecule has 0 rings (SSSR count). The van der Waals surface area contributed by atoms with E-state index < -0.39 is 0 Å². The Kier molecular flexibility index (Phi) is 3.40. The molecule has 0 atom stereocenters. The van der Waals surface area contributed by atoms with Crippen LogP contribution in [0.25, 0.3) is 0 Å². The Bertz CT molecular complexity index is 122. The van der Waals surface area contributed by atoms with Gasteiger partial charge in [-0.05, 0) is 6.42 Å². The van der Waals surface area contributed by atoms with Crippen LogP contribution in [0.2, 0.25) is 0 Å². The van der Waals surface area contributed by atoms with Crippen LogP contribution in [-0.2, 0) is 0 Å². The van der Waals surface area contributed by atoms with Crippen molar-refractivity contribution in [1.82, 2.24) is 0 Å². The summed E-state index contributed by atoms with van der Waals surface area (Å²) in [6, 6.07) is 0. The molecule has 0 amide bonds. The van der Waals surface area contributed by atoms with E-state index in [4.69, 9.17) is 0 Å². The second-order valence-electron chi connectivity index (χ2n) is 3.47. The average molecular weight is 143 g/mol. The van der Waals surface area contributed by atoms with E-state index >= 15 is 0 Å². The van der Waals surface area contributed by atoms with E-state index in [1.165, 1.54) is 0 Å². The summed E-state index contributed by atoms with van der Waals surface area (Å²) in [4.78, 5) is 0. The van der Waals surface area contributed by atoms with E-state index in [1.54, 1.807) is 6.21 Å². The van der Waals surface area contributed by atoms with Crippen molar-refractivity contribution in [2.75, 3.05) is 0 Å². The third-order valence-corrected chi connectivity index (χ3v) is 1.24. The van der Waals surface area contributed by atoms with Gasteiger partial charge in [-0.1, -0.05) is 6.92 Å². The molecular formula is C8H17NO. The third kappa shape index (κ3) is 3.49. The summed E-state index contributed by atoms with van der Waals surface area (Å²) in [6.45, 7) is 7.79. The molecule has 0 radical (unpaired) electrons. The molecule has 0 saturated carbocycles. The van der Waals surface area contributed by atoms with Gasteiger partial charge in [-0.3, -0.25) is 0 Å². The lowest BCUT2D eigenvalue weighted by Gasteiger charge is -2.18. The molecule has 0 bridgehead atoms. The quantitative estimate of drug-likeness (QED) is 0.252. The molecule has 0 heterocycles. The lowest BCUT2D eigenvalue weighted by molar-refractivity contribution is -0.532. The van der Waals surface area contributed by atoms with Crippen LogP contribution < -0.4 is 0 Å². The summed E-state index contributed by atoms with van der Waals surface area (Å²) in [7, 11) is 0. The van der Waals surface area contributed by atoms with Crippen LogP contribution in [0.4, 0.5) is 0 Å². The molecule has 0 aliphatic rings. The Balaban J connectivity index is 3.93. The lowest BCUT2D eigenvalue weighted by atomic mass is 10.1. The van der Waals surface area contributed by atoms with Crippen molar-refractivity contribution in [1.29, 1.82) is 0 Å². The minimum absolute atomic E-state index is 0.269. The maximum absolute atomic E-state index is 11.1. The fourth-order valence-corrected chi connectivity index (χ4v) is 0.520. The summed E-state index contributed by atoms with van der Waals surface area (Å²) < 4.78 is 1.02. The standard InChI is InChI=1S/C8H17NO/c1-5-6-7-9(10)8(2,3)4/h7H,5-6H2,1-4H3/b9-7-. The van der Waals surface area contributed by atoms with Crippen LogP contribution in [0.3, 0.4) is 0 Å². The first-order valence-electron chi connectivity index (χ1n) is 3.78. The zero-order chi connectivity index (χ0) is 8.20. The smallest absolute Gasteiger partial charge is 0.164 e. The highest BCUT2D eigenvalue weighted by Crippen LogP contribution is 2.04. The van der Waals surface area contributed by atoms with Crippen LogP contribution >= 0.6 is 0 Å². The van der Waals surface area contributed by atoms with Crippen LogP contribution in [0.1, 0.15) is 40.5 Å². The third-order valence-electron chi connectivity index (χ3n) is 1.24. The van der Waals surface area contributed by atoms with Crippen LogP contribution in [0.5, 0.6) is 0 Å². The molecule has 0 fully saturated rings. The van der Waals surface area contributed by atoms with Gasteiger partial charge >= 0.3 is 0 Å². The fraction of sp³-hybridized carbons (Fsp3) is 0.875. The Hall–Kier alpha value is -0.530. The summed E-state index contributed by atoms with van der Waals surface area (Å²) in [5.41, 5.74) is -0.269. The SMILES string of the molecule is CCC/C=[N+](\[O-])C(C)(C)C. The topological polar surface area (TPSA) is 26.1 Å². The molecular weight excluding hydrogens is 126 g/mol. The van der Waals surface area contributed by atoms with Crippen LogP contribution in [0, 0.1) is 5.21 Å². The Morgan fingerprint density at radius 2 is 1.90 bits per heavy atom. The molecule has 0 N–H and O–H groups in total. The van der Waals surface area contributed by atoms with Crippen LogP contribution in [-0.4, -0.2) is 16.5 Å². The Morgan fingerprint density at radius 3 is 2.20 bits per heavy atom. The summed E-state index contributed by atoms with van der Waals surface area (Å²) in [5, 5.41) is 11.1. The molecule has 0 saturated heterocycles. The first kappa shape index (κ1) is 9.47. The predicted molar refractivity (Wildman–Crippen MR) is 44.4 cm³/mol. The molecule has 0 aromatic carbocycles. The number of unbranched alkanes of at least 4 members (excludes halogenated alkanes) is 1. The molecule has 0 aromatic heterocycles. The maximum Gasteiger partial charge on any atom is 0.164 e. The predicted octanol–water partition coefficient (Wildman–Crippen LogP) is 2.17. The summed E-state index contributed by atoms with van der Waals surface area (Å²) >= 11 is 0. The number of hydroxylamine groups is 1. The number of nitrogens with zero attached hydrogens (tertiary/aromatic N) is 1. The Morgan fingerprint density at radius 1 is 1.40 bits per heavy atom. The number of rotatable bonds is 2. The van der Waals surface area contributed by atoms with Crippen molar-refractivity contribution in [3.05, 3.63) is 5.21 Å². The van der Waals surface area contributed by atoms with Gasteiger partial charge in [-0.25, -0.2) is 4.74 Å². The van der Waals surface area contributed by atoms with E-state index in [0.717, 1.165) is 17.6 Å². The van der Waals surface area contributed by atoms with Crippen molar-refractivity contribution >= 4 is 6.21 Å². The molecule has 60 valence electrons. The molecule has 2 nitrogen and oxygen atoms in total. The van der Waals surface area contributed by atoms with Crippen molar-refractivity contribution in [3.63, 3.8) is 0 Å². The van der Waals surface area contributed by atoms with Gasteiger partial charge in [0.25, 0.3) is 0 Å². The molecule has 10 heavy (non-hydrogen) atoms. The monoisotopic (exact) mass is 143 g/mol. The highest BCUT2D eigenvalue weighted by atomic mass is 16.5. The van der Waals surface area contributed by atoms with E-state index in [1.807, 2.05) is 20.8 Å². The van der Waals surface area contributed by atoms with E-state index in [2.05, 4.69) is 6.92 Å². The van der Waals surface area contributed by atoms with Gasteiger partial charge < -0.3 is 5.21 Å². The van der Waals surface area contributed by atoms with E-state index in [0.29, 0.717) is 0 Å². The van der Waals surface area contributed by atoms with Gasteiger partial charge in [-0.15, -0.1) is 0 Å². The molecule has 2 heteroatoms. The minimum Gasteiger partial charge on any atom is -0.624 e. The molecule has 0 aromatic rings. The second kappa shape index (κ2) is 3.59. The van der Waals surface area contributed by atoms with Crippen molar-refractivity contribution < 1.29 is 4.74 Å². The van der Waals surface area contributed by atoms with Gasteiger partial charge in [0.15, 0.2) is 11.8 Å². The first-order chi connectivity index (χ1) is 4.48. The minimum atomic E-state index is -0.269. The highest BCUT2D eigenvalue weighted by molar-refractivity contribution is 5.51. The normalized spacial score (nSPS) is 13.8. The highest BCUT2D eigenvalue weighted by Gasteiger charge is 2.16. The summed E-state index contributed by atoms with van der Waals surface area (Å²) in [5.74, 6) is 0. The number of hydrogen-bond acceptors (Lipinski definition) is 1. The van der Waals surface area contributed by atoms with Crippen molar-refractivity contribution in [3.8, 4) is 0 Å². The maximum atomic E-state index is 11.1. The second-order valence-corrected chi connectivity index (χ2v) is 3.47.